The van der Waals surface area contributed by atoms with E-state index in [1.807, 2.05) is 4.68 Å². The summed E-state index contributed by atoms with van der Waals surface area (Å²) in [6.45, 7) is 7.30. The summed E-state index contributed by atoms with van der Waals surface area (Å²) in [6.07, 6.45) is 2.47. The number of benzene rings is 1. The minimum atomic E-state index is 0.223. The lowest BCUT2D eigenvalue weighted by Crippen LogP contribution is -2.25. The number of hydrogen-bond acceptors (Lipinski definition) is 3. The molecular weight excluding hydrogens is 443 g/mol. The monoisotopic (exact) mass is 462 g/mol. The first-order valence-corrected chi connectivity index (χ1v) is 8.96. The highest BCUT2D eigenvalue weighted by Crippen LogP contribution is 2.28. The molecule has 0 amide bonds. The second kappa shape index (κ2) is 7.69. The predicted octanol–water partition coefficient (Wildman–Crippen LogP) is 4.12. The van der Waals surface area contributed by atoms with Crippen molar-refractivity contribution >= 4 is 38.5 Å². The molecule has 1 unspecified atom stereocenters. The van der Waals surface area contributed by atoms with Gasteiger partial charge in [-0.25, -0.2) is 9.67 Å². The largest absolute Gasteiger partial charge is 0.310 e. The van der Waals surface area contributed by atoms with Crippen LogP contribution in [0.1, 0.15) is 44.2 Å². The first-order chi connectivity index (χ1) is 10.0. The van der Waals surface area contributed by atoms with Crippen LogP contribution in [0, 0.1) is 3.57 Å². The molecule has 0 bridgehead atoms. The number of likely N-dealkylation sites (N-methyl/N-ethyl adjacent to an activating group) is 1. The lowest BCUT2D eigenvalue weighted by Gasteiger charge is -2.20. The molecule has 1 heterocycles. The Morgan fingerprint density at radius 3 is 2.81 bits per heavy atom. The Bertz CT molecular complexity index is 597. The van der Waals surface area contributed by atoms with Gasteiger partial charge in [0, 0.05) is 26.5 Å². The molecule has 4 nitrogen and oxygen atoms in total. The van der Waals surface area contributed by atoms with Crippen LogP contribution in [-0.2, 0) is 6.42 Å². The van der Waals surface area contributed by atoms with Gasteiger partial charge in [0.25, 0.3) is 0 Å². The molecule has 114 valence electrons. The molecule has 0 saturated heterocycles. The molecule has 2 rings (SSSR count). The van der Waals surface area contributed by atoms with Crippen LogP contribution in [0.15, 0.2) is 29.0 Å². The summed E-state index contributed by atoms with van der Waals surface area (Å²) in [4.78, 5) is 4.43. The Morgan fingerprint density at radius 2 is 2.14 bits per heavy atom. The summed E-state index contributed by atoms with van der Waals surface area (Å²) in [5.41, 5.74) is 1.27. The van der Waals surface area contributed by atoms with Gasteiger partial charge in [-0.2, -0.15) is 5.10 Å². The summed E-state index contributed by atoms with van der Waals surface area (Å²) in [7, 11) is 0. The van der Waals surface area contributed by atoms with E-state index in [1.54, 1.807) is 6.33 Å². The minimum absolute atomic E-state index is 0.223. The van der Waals surface area contributed by atoms with Gasteiger partial charge < -0.3 is 5.32 Å². The van der Waals surface area contributed by atoms with Crippen molar-refractivity contribution in [3.63, 3.8) is 0 Å². The molecule has 6 heteroatoms. The van der Waals surface area contributed by atoms with Gasteiger partial charge >= 0.3 is 0 Å². The first kappa shape index (κ1) is 16.9. The van der Waals surface area contributed by atoms with Gasteiger partial charge in [0.05, 0.1) is 0 Å². The topological polar surface area (TPSA) is 42.7 Å². The molecule has 0 radical (unpaired) electrons. The molecule has 2 aromatic rings. The highest BCUT2D eigenvalue weighted by atomic mass is 127. The maximum Gasteiger partial charge on any atom is 0.138 e. The highest BCUT2D eigenvalue weighted by molar-refractivity contribution is 14.1. The van der Waals surface area contributed by atoms with Crippen molar-refractivity contribution < 1.29 is 0 Å². The zero-order valence-electron chi connectivity index (χ0n) is 12.5. The molecule has 0 saturated carbocycles. The van der Waals surface area contributed by atoms with Crippen molar-refractivity contribution in [3.8, 4) is 0 Å². The molecule has 1 aromatic carbocycles. The molecule has 0 spiro atoms. The fourth-order valence-corrected chi connectivity index (χ4v) is 3.39. The van der Waals surface area contributed by atoms with Crippen LogP contribution in [0.25, 0.3) is 0 Å². The van der Waals surface area contributed by atoms with E-state index in [1.165, 1.54) is 9.13 Å². The van der Waals surface area contributed by atoms with Crippen LogP contribution in [0.3, 0.4) is 0 Å². The van der Waals surface area contributed by atoms with E-state index in [4.69, 9.17) is 0 Å². The molecule has 1 N–H and O–H groups in total. The summed E-state index contributed by atoms with van der Waals surface area (Å²) < 4.78 is 4.36. The Balaban J connectivity index is 2.31. The zero-order chi connectivity index (χ0) is 15.4. The maximum atomic E-state index is 4.43. The molecule has 21 heavy (non-hydrogen) atoms. The summed E-state index contributed by atoms with van der Waals surface area (Å²) in [5.74, 6) is 1.02. The third kappa shape index (κ3) is 4.26. The zero-order valence-corrected chi connectivity index (χ0v) is 16.2. The van der Waals surface area contributed by atoms with Gasteiger partial charge in [-0.15, -0.1) is 0 Å². The van der Waals surface area contributed by atoms with Crippen LogP contribution in [0.5, 0.6) is 0 Å². The van der Waals surface area contributed by atoms with Crippen LogP contribution in [-0.4, -0.2) is 21.3 Å². The Hall–Kier alpha value is -0.470. The van der Waals surface area contributed by atoms with Gasteiger partial charge in [-0.1, -0.05) is 22.9 Å². The van der Waals surface area contributed by atoms with E-state index in [0.29, 0.717) is 6.04 Å². The Kier molecular flexibility index (Phi) is 6.19. The fourth-order valence-electron chi connectivity index (χ4n) is 2.35. The SMILES string of the molecule is CCNC(Cc1ncnn1C(C)C)c1cc(I)ccc1Br. The summed E-state index contributed by atoms with van der Waals surface area (Å²) in [5, 5.41) is 7.88. The van der Waals surface area contributed by atoms with E-state index in [0.717, 1.165) is 23.3 Å². The Labute approximate surface area is 148 Å². The van der Waals surface area contributed by atoms with E-state index in [9.17, 15) is 0 Å². The van der Waals surface area contributed by atoms with Gasteiger partial charge in [0.2, 0.25) is 0 Å². The quantitative estimate of drug-likeness (QED) is 0.656. The summed E-state index contributed by atoms with van der Waals surface area (Å²) in [6, 6.07) is 6.97. The Morgan fingerprint density at radius 1 is 1.38 bits per heavy atom. The van der Waals surface area contributed by atoms with Gasteiger partial charge in [-0.05, 0) is 66.7 Å². The standard InChI is InChI=1S/C15H20BrIN4/c1-4-18-14(12-7-11(17)5-6-13(12)16)8-15-19-9-20-21(15)10(2)3/h5-7,9-10,14,18H,4,8H2,1-3H3. The molecule has 1 aromatic heterocycles. The van der Waals surface area contributed by atoms with Crippen LogP contribution in [0.4, 0.5) is 0 Å². The van der Waals surface area contributed by atoms with Crippen LogP contribution >= 0.6 is 38.5 Å². The predicted molar refractivity (Wildman–Crippen MR) is 97.4 cm³/mol. The van der Waals surface area contributed by atoms with Crippen molar-refractivity contribution in [1.82, 2.24) is 20.1 Å². The first-order valence-electron chi connectivity index (χ1n) is 7.09. The molecule has 0 aliphatic heterocycles. The van der Waals surface area contributed by atoms with Crippen molar-refractivity contribution in [1.29, 1.82) is 0 Å². The second-order valence-corrected chi connectivity index (χ2v) is 7.29. The number of nitrogens with one attached hydrogen (secondary N) is 1. The highest BCUT2D eigenvalue weighted by Gasteiger charge is 2.18. The third-order valence-corrected chi connectivity index (χ3v) is 4.70. The van der Waals surface area contributed by atoms with Crippen molar-refractivity contribution in [2.24, 2.45) is 0 Å². The smallest absolute Gasteiger partial charge is 0.138 e. The van der Waals surface area contributed by atoms with E-state index >= 15 is 0 Å². The summed E-state index contributed by atoms with van der Waals surface area (Å²) >= 11 is 6.02. The number of aromatic nitrogens is 3. The van der Waals surface area contributed by atoms with E-state index in [2.05, 4.69) is 92.9 Å². The van der Waals surface area contributed by atoms with Crippen molar-refractivity contribution in [3.05, 3.63) is 44.0 Å². The van der Waals surface area contributed by atoms with Crippen LogP contribution < -0.4 is 5.32 Å². The van der Waals surface area contributed by atoms with Gasteiger partial charge in [0.1, 0.15) is 12.2 Å². The maximum absolute atomic E-state index is 4.43. The number of rotatable bonds is 6. The lowest BCUT2D eigenvalue weighted by molar-refractivity contribution is 0.468. The average Bonchev–Trinajstić information content (AvgIpc) is 2.89. The number of hydrogen-bond donors (Lipinski definition) is 1. The second-order valence-electron chi connectivity index (χ2n) is 5.19. The average molecular weight is 463 g/mol. The normalized spacial score (nSPS) is 12.9. The van der Waals surface area contributed by atoms with E-state index in [-0.39, 0.29) is 6.04 Å². The van der Waals surface area contributed by atoms with E-state index < -0.39 is 0 Å². The molecule has 1 atom stereocenters. The number of halogens is 2. The minimum Gasteiger partial charge on any atom is -0.310 e. The molecule has 0 aliphatic carbocycles. The number of nitrogens with zero attached hydrogens (tertiary/aromatic N) is 3. The van der Waals surface area contributed by atoms with Crippen molar-refractivity contribution in [2.75, 3.05) is 6.54 Å². The van der Waals surface area contributed by atoms with Crippen LogP contribution in [0.2, 0.25) is 0 Å². The van der Waals surface area contributed by atoms with Crippen molar-refractivity contribution in [2.45, 2.75) is 39.3 Å². The van der Waals surface area contributed by atoms with Gasteiger partial charge in [-0.3, -0.25) is 0 Å². The molecule has 0 fully saturated rings. The lowest BCUT2D eigenvalue weighted by atomic mass is 10.0. The molecular formula is C15H20BrIN4. The molecule has 0 aliphatic rings. The van der Waals surface area contributed by atoms with Gasteiger partial charge in [0.15, 0.2) is 0 Å². The third-order valence-electron chi connectivity index (χ3n) is 3.31. The fraction of sp³-hybridized carbons (Fsp3) is 0.467.